The molecule has 0 fully saturated rings. The molecule has 0 unspecified atom stereocenters. The third-order valence-electron chi connectivity index (χ3n) is 2.09. The Morgan fingerprint density at radius 2 is 2.29 bits per heavy atom. The fraction of sp³-hybridized carbons (Fsp3) is 0.667. The molecule has 0 aliphatic carbocycles. The zero-order chi connectivity index (χ0) is 10.6. The van der Waals surface area contributed by atoms with Crippen LogP contribution in [0.1, 0.15) is 42.6 Å². The van der Waals surface area contributed by atoms with E-state index in [4.69, 9.17) is 0 Å². The van der Waals surface area contributed by atoms with Gasteiger partial charge in [-0.2, -0.15) is 0 Å². The number of nitrogens with zero attached hydrogens (tertiary/aromatic N) is 2. The topological polar surface area (TPSA) is 54.9 Å². The number of amides is 1. The molecule has 0 aromatic carbocycles. The third kappa shape index (κ3) is 2.51. The van der Waals surface area contributed by atoms with E-state index in [-0.39, 0.29) is 11.9 Å². The molecule has 1 atom stereocenters. The summed E-state index contributed by atoms with van der Waals surface area (Å²) in [6.07, 6.45) is 1.68. The van der Waals surface area contributed by atoms with E-state index in [2.05, 4.69) is 14.9 Å². The van der Waals surface area contributed by atoms with Crippen LogP contribution >= 0.6 is 11.5 Å². The molecule has 0 spiro atoms. The third-order valence-corrected chi connectivity index (χ3v) is 2.85. The van der Waals surface area contributed by atoms with Gasteiger partial charge in [-0.05, 0) is 31.3 Å². The molecular weight excluding hydrogens is 198 g/mol. The second kappa shape index (κ2) is 5.05. The summed E-state index contributed by atoms with van der Waals surface area (Å²) in [6, 6.07) is 0.203. The largest absolute Gasteiger partial charge is 0.349 e. The van der Waals surface area contributed by atoms with E-state index in [1.807, 2.05) is 20.8 Å². The molecule has 0 radical (unpaired) electrons. The summed E-state index contributed by atoms with van der Waals surface area (Å²) < 4.78 is 3.78. The monoisotopic (exact) mass is 213 g/mol. The highest BCUT2D eigenvalue weighted by atomic mass is 32.1. The van der Waals surface area contributed by atoms with Crippen molar-refractivity contribution >= 4 is 17.4 Å². The van der Waals surface area contributed by atoms with Crippen molar-refractivity contribution < 1.29 is 4.79 Å². The molecule has 78 valence electrons. The Morgan fingerprint density at radius 3 is 2.86 bits per heavy atom. The number of aryl methyl sites for hydroxylation is 1. The van der Waals surface area contributed by atoms with Gasteiger partial charge in [0.15, 0.2) is 0 Å². The van der Waals surface area contributed by atoms with Gasteiger partial charge < -0.3 is 5.32 Å². The molecule has 14 heavy (non-hydrogen) atoms. The molecule has 1 N–H and O–H groups in total. The van der Waals surface area contributed by atoms with Gasteiger partial charge in [0, 0.05) is 6.04 Å². The molecule has 1 heterocycles. The van der Waals surface area contributed by atoms with Crippen LogP contribution in [0.3, 0.4) is 0 Å². The van der Waals surface area contributed by atoms with Crippen LogP contribution < -0.4 is 5.32 Å². The summed E-state index contributed by atoms with van der Waals surface area (Å²) >= 11 is 1.16. The standard InChI is InChI=1S/C9H15N3OS/c1-4-6(3)10-9(13)8-7(5-2)11-12-14-8/h6H,4-5H2,1-3H3,(H,10,13)/t6-/m0/s1. The Kier molecular flexibility index (Phi) is 4.00. The first-order valence-corrected chi connectivity index (χ1v) is 5.58. The molecule has 1 aromatic heterocycles. The normalized spacial score (nSPS) is 12.5. The first-order valence-electron chi connectivity index (χ1n) is 4.81. The summed E-state index contributed by atoms with van der Waals surface area (Å²) in [6.45, 7) is 5.99. The van der Waals surface area contributed by atoms with E-state index in [0.29, 0.717) is 4.88 Å². The maximum atomic E-state index is 11.7. The van der Waals surface area contributed by atoms with Crippen LogP contribution in [-0.4, -0.2) is 21.5 Å². The van der Waals surface area contributed by atoms with Gasteiger partial charge in [-0.3, -0.25) is 4.79 Å². The van der Waals surface area contributed by atoms with Crippen LogP contribution in [0.25, 0.3) is 0 Å². The van der Waals surface area contributed by atoms with Gasteiger partial charge in [-0.25, -0.2) is 0 Å². The van der Waals surface area contributed by atoms with Crippen molar-refractivity contribution in [2.75, 3.05) is 0 Å². The predicted molar refractivity (Wildman–Crippen MR) is 56.5 cm³/mol. The van der Waals surface area contributed by atoms with E-state index in [1.165, 1.54) is 0 Å². The minimum absolute atomic E-state index is 0.0498. The Hall–Kier alpha value is -0.970. The minimum atomic E-state index is -0.0498. The van der Waals surface area contributed by atoms with E-state index < -0.39 is 0 Å². The van der Waals surface area contributed by atoms with E-state index in [0.717, 1.165) is 30.1 Å². The second-order valence-corrected chi connectivity index (χ2v) is 3.94. The van der Waals surface area contributed by atoms with Crippen molar-refractivity contribution in [3.05, 3.63) is 10.6 Å². The zero-order valence-electron chi connectivity index (χ0n) is 8.70. The first kappa shape index (κ1) is 11.1. The van der Waals surface area contributed by atoms with Gasteiger partial charge >= 0.3 is 0 Å². The Balaban J connectivity index is 2.69. The number of hydrogen-bond acceptors (Lipinski definition) is 4. The first-order chi connectivity index (χ1) is 6.69. The highest BCUT2D eigenvalue weighted by Crippen LogP contribution is 2.11. The highest BCUT2D eigenvalue weighted by molar-refractivity contribution is 7.08. The summed E-state index contributed by atoms with van der Waals surface area (Å²) in [7, 11) is 0. The molecule has 0 saturated carbocycles. The summed E-state index contributed by atoms with van der Waals surface area (Å²) in [5.41, 5.74) is 0.788. The second-order valence-electron chi connectivity index (χ2n) is 3.19. The van der Waals surface area contributed by atoms with E-state index >= 15 is 0 Å². The number of aromatic nitrogens is 2. The molecular formula is C9H15N3OS. The predicted octanol–water partition coefficient (Wildman–Crippen LogP) is 1.63. The number of nitrogens with one attached hydrogen (secondary N) is 1. The Bertz CT molecular complexity index is 311. The lowest BCUT2D eigenvalue weighted by atomic mass is 10.2. The van der Waals surface area contributed by atoms with Crippen molar-refractivity contribution in [1.82, 2.24) is 14.9 Å². The summed E-state index contributed by atoms with van der Waals surface area (Å²) in [5, 5.41) is 6.79. The molecule has 0 bridgehead atoms. The van der Waals surface area contributed by atoms with Crippen molar-refractivity contribution in [2.24, 2.45) is 0 Å². The Labute approximate surface area is 87.9 Å². The zero-order valence-corrected chi connectivity index (χ0v) is 9.52. The van der Waals surface area contributed by atoms with Crippen molar-refractivity contribution in [3.63, 3.8) is 0 Å². The van der Waals surface area contributed by atoms with Crippen LogP contribution in [0.15, 0.2) is 0 Å². The fourth-order valence-corrected chi connectivity index (χ4v) is 1.66. The number of carbonyl (C=O) groups is 1. The maximum absolute atomic E-state index is 11.7. The minimum Gasteiger partial charge on any atom is -0.349 e. The summed E-state index contributed by atoms with van der Waals surface area (Å²) in [5.74, 6) is -0.0498. The van der Waals surface area contributed by atoms with Gasteiger partial charge in [-0.1, -0.05) is 18.3 Å². The van der Waals surface area contributed by atoms with Crippen molar-refractivity contribution in [2.45, 2.75) is 39.7 Å². The highest BCUT2D eigenvalue weighted by Gasteiger charge is 2.15. The molecule has 0 saturated heterocycles. The molecule has 4 nitrogen and oxygen atoms in total. The lowest BCUT2D eigenvalue weighted by molar-refractivity contribution is 0.0942. The van der Waals surface area contributed by atoms with Crippen LogP contribution in [0, 0.1) is 0 Å². The molecule has 1 amide bonds. The number of carbonyl (C=O) groups excluding carboxylic acids is 1. The SMILES string of the molecule is CCc1nnsc1C(=O)N[C@@H](C)CC. The van der Waals surface area contributed by atoms with Crippen LogP contribution in [0.2, 0.25) is 0 Å². The fourth-order valence-electron chi connectivity index (χ4n) is 1.00. The van der Waals surface area contributed by atoms with Gasteiger partial charge in [-0.15, -0.1) is 5.10 Å². The maximum Gasteiger partial charge on any atom is 0.265 e. The van der Waals surface area contributed by atoms with Crippen LogP contribution in [0.4, 0.5) is 0 Å². The number of hydrogen-bond donors (Lipinski definition) is 1. The van der Waals surface area contributed by atoms with Crippen LogP contribution in [-0.2, 0) is 6.42 Å². The van der Waals surface area contributed by atoms with Gasteiger partial charge in [0.2, 0.25) is 0 Å². The molecule has 5 heteroatoms. The van der Waals surface area contributed by atoms with Crippen LogP contribution in [0.5, 0.6) is 0 Å². The summed E-state index contributed by atoms with van der Waals surface area (Å²) in [4.78, 5) is 12.3. The molecule has 1 aromatic rings. The van der Waals surface area contributed by atoms with Crippen molar-refractivity contribution in [1.29, 1.82) is 0 Å². The molecule has 0 aliphatic heterocycles. The lowest BCUT2D eigenvalue weighted by Gasteiger charge is -2.09. The average Bonchev–Trinajstić information content (AvgIpc) is 2.65. The molecule has 0 aliphatic rings. The number of rotatable bonds is 4. The smallest absolute Gasteiger partial charge is 0.265 e. The van der Waals surface area contributed by atoms with E-state index in [1.54, 1.807) is 0 Å². The quantitative estimate of drug-likeness (QED) is 0.827. The Morgan fingerprint density at radius 1 is 1.57 bits per heavy atom. The van der Waals surface area contributed by atoms with Crippen molar-refractivity contribution in [3.8, 4) is 0 Å². The molecule has 1 rings (SSSR count). The van der Waals surface area contributed by atoms with Gasteiger partial charge in [0.1, 0.15) is 4.88 Å². The van der Waals surface area contributed by atoms with Gasteiger partial charge in [0.25, 0.3) is 5.91 Å². The van der Waals surface area contributed by atoms with Gasteiger partial charge in [0.05, 0.1) is 5.69 Å². The lowest BCUT2D eigenvalue weighted by Crippen LogP contribution is -2.31. The van der Waals surface area contributed by atoms with E-state index in [9.17, 15) is 4.79 Å². The average molecular weight is 213 g/mol.